The number of nitrogens with zero attached hydrogens (tertiary/aromatic N) is 3. The van der Waals surface area contributed by atoms with Crippen LogP contribution < -0.4 is 19.5 Å². The summed E-state index contributed by atoms with van der Waals surface area (Å²) in [4.78, 5) is 12.6. The highest BCUT2D eigenvalue weighted by atomic mass is 32.1. The normalized spacial score (nSPS) is 10.9. The van der Waals surface area contributed by atoms with Crippen molar-refractivity contribution in [2.45, 2.75) is 6.92 Å². The molecular formula is C28H24N4O4S. The van der Waals surface area contributed by atoms with Gasteiger partial charge in [-0.2, -0.15) is 5.26 Å². The molecule has 1 amide bonds. The summed E-state index contributed by atoms with van der Waals surface area (Å²) < 4.78 is 16.5. The third-order valence-electron chi connectivity index (χ3n) is 5.26. The van der Waals surface area contributed by atoms with Gasteiger partial charge >= 0.3 is 0 Å². The Kier molecular flexibility index (Phi) is 8.47. The molecule has 0 saturated heterocycles. The minimum absolute atomic E-state index is 0.0470. The van der Waals surface area contributed by atoms with Crippen molar-refractivity contribution in [3.63, 3.8) is 0 Å². The zero-order valence-corrected chi connectivity index (χ0v) is 21.1. The lowest BCUT2D eigenvalue weighted by atomic mass is 10.1. The molecule has 0 bridgehead atoms. The molecule has 0 atom stereocenters. The Morgan fingerprint density at radius 3 is 2.19 bits per heavy atom. The number of rotatable bonds is 10. The Bertz CT molecular complexity index is 1420. The fourth-order valence-corrected chi connectivity index (χ4v) is 4.16. The number of aryl methyl sites for hydroxylation is 1. The van der Waals surface area contributed by atoms with E-state index in [1.165, 1.54) is 17.4 Å². The highest BCUT2D eigenvalue weighted by Crippen LogP contribution is 2.29. The molecule has 8 nitrogen and oxygen atoms in total. The van der Waals surface area contributed by atoms with E-state index in [0.717, 1.165) is 22.6 Å². The summed E-state index contributed by atoms with van der Waals surface area (Å²) in [6.07, 6.45) is 1.51. The van der Waals surface area contributed by atoms with Crippen LogP contribution in [0.25, 0.3) is 16.6 Å². The van der Waals surface area contributed by atoms with Crippen molar-refractivity contribution in [2.75, 3.05) is 25.6 Å². The van der Waals surface area contributed by atoms with E-state index in [9.17, 15) is 10.1 Å². The number of methoxy groups -OCH3 is 1. The summed E-state index contributed by atoms with van der Waals surface area (Å²) in [5, 5.41) is 21.4. The second kappa shape index (κ2) is 12.3. The summed E-state index contributed by atoms with van der Waals surface area (Å²) in [6, 6.07) is 24.1. The molecule has 4 rings (SSSR count). The molecule has 0 fully saturated rings. The first kappa shape index (κ1) is 25.4. The molecule has 4 aromatic rings. The van der Waals surface area contributed by atoms with Gasteiger partial charge in [-0.15, -0.1) is 10.2 Å². The average Bonchev–Trinajstić information content (AvgIpc) is 3.39. The average molecular weight is 513 g/mol. The van der Waals surface area contributed by atoms with E-state index in [-0.39, 0.29) is 5.57 Å². The molecular weight excluding hydrogens is 488 g/mol. The van der Waals surface area contributed by atoms with Crippen LogP contribution in [0.15, 0.2) is 78.4 Å². The molecule has 9 heteroatoms. The maximum atomic E-state index is 12.6. The molecule has 1 N–H and O–H groups in total. The fraction of sp³-hybridized carbons (Fsp3) is 0.143. The highest BCUT2D eigenvalue weighted by molar-refractivity contribution is 7.18. The first-order chi connectivity index (χ1) is 18.1. The van der Waals surface area contributed by atoms with Crippen LogP contribution in [0.3, 0.4) is 0 Å². The molecule has 0 aliphatic heterocycles. The molecule has 0 aliphatic rings. The Labute approximate surface area is 218 Å². The molecule has 0 spiro atoms. The predicted octanol–water partition coefficient (Wildman–Crippen LogP) is 5.53. The van der Waals surface area contributed by atoms with Crippen LogP contribution in [-0.2, 0) is 4.79 Å². The number of amides is 1. The van der Waals surface area contributed by atoms with Gasteiger partial charge in [0, 0.05) is 5.56 Å². The molecule has 186 valence electrons. The molecule has 37 heavy (non-hydrogen) atoms. The molecule has 1 aromatic heterocycles. The van der Waals surface area contributed by atoms with Crippen LogP contribution in [0.4, 0.5) is 5.13 Å². The number of anilines is 1. The lowest BCUT2D eigenvalue weighted by molar-refractivity contribution is -0.112. The van der Waals surface area contributed by atoms with Gasteiger partial charge in [-0.25, -0.2) is 0 Å². The molecule has 0 aliphatic carbocycles. The summed E-state index contributed by atoms with van der Waals surface area (Å²) >= 11 is 1.25. The number of aromatic nitrogens is 2. The van der Waals surface area contributed by atoms with Gasteiger partial charge in [0.15, 0.2) is 0 Å². The van der Waals surface area contributed by atoms with Gasteiger partial charge in [0.05, 0.1) is 7.11 Å². The first-order valence-corrected chi connectivity index (χ1v) is 12.2. The van der Waals surface area contributed by atoms with Gasteiger partial charge in [0.2, 0.25) is 5.13 Å². The van der Waals surface area contributed by atoms with Gasteiger partial charge < -0.3 is 14.2 Å². The van der Waals surface area contributed by atoms with Gasteiger partial charge in [-0.05, 0) is 60.5 Å². The molecule has 0 unspecified atom stereocenters. The molecule has 0 saturated carbocycles. The number of ether oxygens (including phenoxy) is 3. The van der Waals surface area contributed by atoms with Crippen LogP contribution >= 0.6 is 11.3 Å². The number of carbonyl (C=O) groups excluding carboxylic acids is 1. The monoisotopic (exact) mass is 512 g/mol. The fourth-order valence-electron chi connectivity index (χ4n) is 3.33. The van der Waals surface area contributed by atoms with Crippen molar-refractivity contribution in [3.05, 3.63) is 89.5 Å². The van der Waals surface area contributed by atoms with Crippen molar-refractivity contribution in [3.8, 4) is 33.9 Å². The summed E-state index contributed by atoms with van der Waals surface area (Å²) in [5.74, 6) is 1.59. The Morgan fingerprint density at radius 2 is 1.57 bits per heavy atom. The van der Waals surface area contributed by atoms with Crippen LogP contribution in [-0.4, -0.2) is 36.4 Å². The van der Waals surface area contributed by atoms with Crippen molar-refractivity contribution >= 4 is 28.5 Å². The lowest BCUT2D eigenvalue weighted by Gasteiger charge is -2.09. The van der Waals surface area contributed by atoms with Crippen LogP contribution in [0.2, 0.25) is 0 Å². The van der Waals surface area contributed by atoms with E-state index in [1.807, 2.05) is 61.5 Å². The maximum Gasteiger partial charge on any atom is 0.268 e. The van der Waals surface area contributed by atoms with E-state index in [1.54, 1.807) is 31.4 Å². The lowest BCUT2D eigenvalue weighted by Crippen LogP contribution is -2.13. The smallest absolute Gasteiger partial charge is 0.268 e. The standard InChI is InChI=1S/C28H24N4O4S/c1-19-5-3-4-6-25(19)27-31-32-28(37-27)30-26(33)21(18-29)17-20-7-9-23(10-8-20)35-15-16-36-24-13-11-22(34-2)12-14-24/h3-14,17H,15-16H2,1-2H3,(H,30,32,33)/b21-17-. The largest absolute Gasteiger partial charge is 0.497 e. The number of hydrogen-bond donors (Lipinski definition) is 1. The summed E-state index contributed by atoms with van der Waals surface area (Å²) in [6.45, 7) is 2.72. The topological polar surface area (TPSA) is 106 Å². The molecule has 0 radical (unpaired) electrons. The second-order valence-corrected chi connectivity index (χ2v) is 8.77. The molecule has 1 heterocycles. The Hall–Kier alpha value is -4.68. The van der Waals surface area contributed by atoms with Crippen molar-refractivity contribution in [1.29, 1.82) is 5.26 Å². The van der Waals surface area contributed by atoms with Crippen LogP contribution in [0.5, 0.6) is 17.2 Å². The van der Waals surface area contributed by atoms with Gasteiger partial charge in [-0.3, -0.25) is 10.1 Å². The van der Waals surface area contributed by atoms with Gasteiger partial charge in [0.1, 0.15) is 47.1 Å². The van der Waals surface area contributed by atoms with Crippen molar-refractivity contribution < 1.29 is 19.0 Å². The van der Waals surface area contributed by atoms with Crippen molar-refractivity contribution in [1.82, 2.24) is 10.2 Å². The Balaban J connectivity index is 1.30. The van der Waals surface area contributed by atoms with E-state index < -0.39 is 5.91 Å². The second-order valence-electron chi connectivity index (χ2n) is 7.79. The summed E-state index contributed by atoms with van der Waals surface area (Å²) in [5.41, 5.74) is 2.65. The Morgan fingerprint density at radius 1 is 0.946 bits per heavy atom. The summed E-state index contributed by atoms with van der Waals surface area (Å²) in [7, 11) is 1.61. The zero-order chi connectivity index (χ0) is 26.0. The highest BCUT2D eigenvalue weighted by Gasteiger charge is 2.14. The number of nitriles is 1. The molecule has 3 aromatic carbocycles. The zero-order valence-electron chi connectivity index (χ0n) is 20.3. The van der Waals surface area contributed by atoms with Crippen LogP contribution in [0.1, 0.15) is 11.1 Å². The third-order valence-corrected chi connectivity index (χ3v) is 6.13. The van der Waals surface area contributed by atoms with E-state index >= 15 is 0 Å². The SMILES string of the molecule is COc1ccc(OCCOc2ccc(/C=C(/C#N)C(=O)Nc3nnc(-c4ccccc4C)s3)cc2)cc1. The maximum absolute atomic E-state index is 12.6. The van der Waals surface area contributed by atoms with Crippen molar-refractivity contribution in [2.24, 2.45) is 0 Å². The minimum Gasteiger partial charge on any atom is -0.497 e. The van der Waals surface area contributed by atoms with Crippen LogP contribution in [0, 0.1) is 18.3 Å². The first-order valence-electron chi connectivity index (χ1n) is 11.4. The number of nitrogens with one attached hydrogen (secondary N) is 1. The quantitative estimate of drug-likeness (QED) is 0.169. The predicted molar refractivity (Wildman–Crippen MR) is 143 cm³/mol. The third kappa shape index (κ3) is 6.93. The van der Waals surface area contributed by atoms with E-state index in [4.69, 9.17) is 14.2 Å². The number of benzene rings is 3. The number of hydrogen-bond acceptors (Lipinski definition) is 8. The van der Waals surface area contributed by atoms with E-state index in [0.29, 0.717) is 34.7 Å². The van der Waals surface area contributed by atoms with Gasteiger partial charge in [0.25, 0.3) is 5.91 Å². The van der Waals surface area contributed by atoms with E-state index in [2.05, 4.69) is 15.5 Å². The minimum atomic E-state index is -0.550. The number of carbonyl (C=O) groups is 1. The van der Waals surface area contributed by atoms with Gasteiger partial charge in [-0.1, -0.05) is 47.7 Å².